The van der Waals surface area contributed by atoms with Gasteiger partial charge in [0, 0.05) is 13.0 Å². The van der Waals surface area contributed by atoms with Crippen molar-refractivity contribution in [3.05, 3.63) is 35.6 Å². The molecule has 3 nitrogen and oxygen atoms in total. The zero-order valence-electron chi connectivity index (χ0n) is 9.56. The van der Waals surface area contributed by atoms with Crippen LogP contribution < -0.4 is 0 Å². The molecular formula is C13H13FN2O. The van der Waals surface area contributed by atoms with Crippen LogP contribution in [0.15, 0.2) is 24.3 Å². The fourth-order valence-corrected chi connectivity index (χ4v) is 2.11. The van der Waals surface area contributed by atoms with Crippen LogP contribution in [-0.2, 0) is 4.79 Å². The summed E-state index contributed by atoms with van der Waals surface area (Å²) in [6.45, 7) is 2.36. The first-order valence-corrected chi connectivity index (χ1v) is 5.56. The SMILES string of the molecule is CC(c1ccc(F)cc1)N1CC(C#N)CC1=O. The molecule has 1 heterocycles. The van der Waals surface area contributed by atoms with Gasteiger partial charge in [-0.3, -0.25) is 4.79 Å². The molecule has 4 heteroatoms. The lowest BCUT2D eigenvalue weighted by molar-refractivity contribution is -0.129. The maximum Gasteiger partial charge on any atom is 0.224 e. The Balaban J connectivity index is 2.16. The van der Waals surface area contributed by atoms with E-state index < -0.39 is 0 Å². The molecule has 2 unspecified atom stereocenters. The predicted octanol–water partition coefficient (Wildman–Crippen LogP) is 2.26. The van der Waals surface area contributed by atoms with Gasteiger partial charge >= 0.3 is 0 Å². The minimum absolute atomic E-state index is 0.00613. The molecule has 2 rings (SSSR count). The first-order chi connectivity index (χ1) is 8.11. The molecule has 0 radical (unpaired) electrons. The number of carbonyl (C=O) groups excluding carboxylic acids is 1. The Hall–Kier alpha value is -1.89. The fraction of sp³-hybridized carbons (Fsp3) is 0.385. The highest BCUT2D eigenvalue weighted by Crippen LogP contribution is 2.28. The Morgan fingerprint density at radius 1 is 1.47 bits per heavy atom. The number of hydrogen-bond acceptors (Lipinski definition) is 2. The Morgan fingerprint density at radius 3 is 2.65 bits per heavy atom. The summed E-state index contributed by atoms with van der Waals surface area (Å²) in [5.41, 5.74) is 0.887. The molecule has 0 N–H and O–H groups in total. The monoisotopic (exact) mass is 232 g/mol. The Kier molecular flexibility index (Phi) is 3.10. The Labute approximate surface area is 99.5 Å². The molecule has 1 aliphatic rings. The smallest absolute Gasteiger partial charge is 0.224 e. The summed E-state index contributed by atoms with van der Waals surface area (Å²) in [5.74, 6) is -0.512. The summed E-state index contributed by atoms with van der Waals surface area (Å²) in [4.78, 5) is 13.4. The molecule has 0 aliphatic carbocycles. The van der Waals surface area contributed by atoms with Gasteiger partial charge in [0.15, 0.2) is 0 Å². The number of nitrogens with zero attached hydrogens (tertiary/aromatic N) is 2. The third-order valence-electron chi connectivity index (χ3n) is 3.16. The lowest BCUT2D eigenvalue weighted by atomic mass is 10.1. The van der Waals surface area contributed by atoms with Crippen LogP contribution in [0.2, 0.25) is 0 Å². The van der Waals surface area contributed by atoms with E-state index >= 15 is 0 Å². The molecule has 0 bridgehead atoms. The maximum atomic E-state index is 12.8. The molecule has 2 atom stereocenters. The number of rotatable bonds is 2. The highest BCUT2D eigenvalue weighted by Gasteiger charge is 2.32. The second kappa shape index (κ2) is 4.54. The van der Waals surface area contributed by atoms with Crippen LogP contribution in [-0.4, -0.2) is 17.4 Å². The molecule has 17 heavy (non-hydrogen) atoms. The van der Waals surface area contributed by atoms with Crippen molar-refractivity contribution < 1.29 is 9.18 Å². The van der Waals surface area contributed by atoms with Crippen molar-refractivity contribution in [2.75, 3.05) is 6.54 Å². The van der Waals surface area contributed by atoms with Crippen molar-refractivity contribution in [2.24, 2.45) is 5.92 Å². The van der Waals surface area contributed by atoms with E-state index in [0.717, 1.165) is 5.56 Å². The zero-order chi connectivity index (χ0) is 12.4. The van der Waals surface area contributed by atoms with Gasteiger partial charge in [0.25, 0.3) is 0 Å². The number of amides is 1. The second-order valence-corrected chi connectivity index (χ2v) is 4.30. The first kappa shape index (κ1) is 11.6. The van der Waals surface area contributed by atoms with E-state index in [1.807, 2.05) is 6.92 Å². The highest BCUT2D eigenvalue weighted by molar-refractivity contribution is 5.79. The maximum absolute atomic E-state index is 12.8. The fourth-order valence-electron chi connectivity index (χ4n) is 2.11. The van der Waals surface area contributed by atoms with Crippen LogP contribution in [0.3, 0.4) is 0 Å². The molecule has 1 saturated heterocycles. The predicted molar refractivity (Wildman–Crippen MR) is 60.2 cm³/mol. The summed E-state index contributed by atoms with van der Waals surface area (Å²) >= 11 is 0. The van der Waals surface area contributed by atoms with Gasteiger partial charge in [-0.25, -0.2) is 4.39 Å². The molecule has 1 fully saturated rings. The minimum Gasteiger partial charge on any atom is -0.335 e. The van der Waals surface area contributed by atoms with Gasteiger partial charge in [-0.05, 0) is 24.6 Å². The van der Waals surface area contributed by atoms with Crippen LogP contribution in [0.1, 0.15) is 24.9 Å². The van der Waals surface area contributed by atoms with Gasteiger partial charge in [0.2, 0.25) is 5.91 Å². The Bertz CT molecular complexity index is 463. The first-order valence-electron chi connectivity index (χ1n) is 5.56. The molecule has 1 aliphatic heterocycles. The molecule has 88 valence electrons. The number of hydrogen-bond donors (Lipinski definition) is 0. The van der Waals surface area contributed by atoms with Crippen LogP contribution >= 0.6 is 0 Å². The normalized spacial score (nSPS) is 21.4. The van der Waals surface area contributed by atoms with Gasteiger partial charge in [-0.1, -0.05) is 12.1 Å². The molecule has 1 aromatic carbocycles. The van der Waals surface area contributed by atoms with Gasteiger partial charge < -0.3 is 4.90 Å². The number of benzene rings is 1. The van der Waals surface area contributed by atoms with E-state index in [-0.39, 0.29) is 23.7 Å². The molecular weight excluding hydrogens is 219 g/mol. The largest absolute Gasteiger partial charge is 0.335 e. The minimum atomic E-state index is -0.288. The number of carbonyl (C=O) groups is 1. The standard InChI is InChI=1S/C13H13FN2O/c1-9(11-2-4-12(14)5-3-11)16-8-10(7-15)6-13(16)17/h2-5,9-10H,6,8H2,1H3. The van der Waals surface area contributed by atoms with Gasteiger partial charge in [-0.2, -0.15) is 5.26 Å². The average molecular weight is 232 g/mol. The molecule has 0 aromatic heterocycles. The summed E-state index contributed by atoms with van der Waals surface area (Å²) in [5, 5.41) is 8.81. The lowest BCUT2D eigenvalue weighted by Crippen LogP contribution is -2.28. The van der Waals surface area contributed by atoms with E-state index in [1.165, 1.54) is 12.1 Å². The van der Waals surface area contributed by atoms with Crippen molar-refractivity contribution in [1.82, 2.24) is 4.90 Å². The van der Waals surface area contributed by atoms with E-state index in [0.29, 0.717) is 13.0 Å². The summed E-state index contributed by atoms with van der Waals surface area (Å²) in [7, 11) is 0. The molecule has 1 amide bonds. The number of likely N-dealkylation sites (tertiary alicyclic amines) is 1. The average Bonchev–Trinajstić information content (AvgIpc) is 2.71. The van der Waals surface area contributed by atoms with Crippen LogP contribution in [0.5, 0.6) is 0 Å². The quantitative estimate of drug-likeness (QED) is 0.785. The second-order valence-electron chi connectivity index (χ2n) is 4.30. The summed E-state index contributed by atoms with van der Waals surface area (Å²) < 4.78 is 12.8. The van der Waals surface area contributed by atoms with Crippen molar-refractivity contribution >= 4 is 5.91 Å². The molecule has 1 aromatic rings. The van der Waals surface area contributed by atoms with Crippen molar-refractivity contribution in [1.29, 1.82) is 5.26 Å². The third-order valence-corrected chi connectivity index (χ3v) is 3.16. The van der Waals surface area contributed by atoms with Gasteiger partial charge in [0.05, 0.1) is 18.0 Å². The lowest BCUT2D eigenvalue weighted by Gasteiger charge is -2.24. The van der Waals surface area contributed by atoms with E-state index in [4.69, 9.17) is 5.26 Å². The topological polar surface area (TPSA) is 44.1 Å². The van der Waals surface area contributed by atoms with Gasteiger partial charge in [0.1, 0.15) is 5.82 Å². The van der Waals surface area contributed by atoms with Crippen LogP contribution in [0.4, 0.5) is 4.39 Å². The zero-order valence-corrected chi connectivity index (χ0v) is 9.56. The number of halogens is 1. The number of nitriles is 1. The van der Waals surface area contributed by atoms with E-state index in [9.17, 15) is 9.18 Å². The third kappa shape index (κ3) is 2.28. The van der Waals surface area contributed by atoms with Gasteiger partial charge in [-0.15, -0.1) is 0 Å². The van der Waals surface area contributed by atoms with E-state index in [2.05, 4.69) is 6.07 Å². The van der Waals surface area contributed by atoms with Crippen molar-refractivity contribution in [3.63, 3.8) is 0 Å². The molecule has 0 spiro atoms. The van der Waals surface area contributed by atoms with Crippen LogP contribution in [0, 0.1) is 23.1 Å². The highest BCUT2D eigenvalue weighted by atomic mass is 19.1. The summed E-state index contributed by atoms with van der Waals surface area (Å²) in [6, 6.07) is 8.12. The van der Waals surface area contributed by atoms with Crippen molar-refractivity contribution in [2.45, 2.75) is 19.4 Å². The molecule has 0 saturated carbocycles. The van der Waals surface area contributed by atoms with Crippen LogP contribution in [0.25, 0.3) is 0 Å². The van der Waals surface area contributed by atoms with E-state index in [1.54, 1.807) is 17.0 Å². The van der Waals surface area contributed by atoms with Crippen molar-refractivity contribution in [3.8, 4) is 6.07 Å². The summed E-state index contributed by atoms with van der Waals surface area (Å²) in [6.07, 6.45) is 0.294. The Morgan fingerprint density at radius 2 is 2.12 bits per heavy atom.